The van der Waals surface area contributed by atoms with E-state index in [1.165, 1.54) is 0 Å². The molecule has 0 bridgehead atoms. The zero-order valence-corrected chi connectivity index (χ0v) is 14.7. The number of carbonyl (C=O) groups is 2. The van der Waals surface area contributed by atoms with Gasteiger partial charge in [-0.3, -0.25) is 14.5 Å². The van der Waals surface area contributed by atoms with Crippen LogP contribution < -0.4 is 10.5 Å². The highest BCUT2D eigenvalue weighted by molar-refractivity contribution is 5.97. The lowest BCUT2D eigenvalue weighted by molar-refractivity contribution is -0.130. The molecule has 24 heavy (non-hydrogen) atoms. The van der Waals surface area contributed by atoms with Gasteiger partial charge in [0.25, 0.3) is 0 Å². The molecule has 132 valence electrons. The fourth-order valence-electron chi connectivity index (χ4n) is 2.77. The zero-order chi connectivity index (χ0) is 17.7. The van der Waals surface area contributed by atoms with Gasteiger partial charge in [0, 0.05) is 51.6 Å². The van der Waals surface area contributed by atoms with Gasteiger partial charge in [-0.25, -0.2) is 0 Å². The molecule has 1 aromatic rings. The van der Waals surface area contributed by atoms with E-state index in [0.717, 1.165) is 26.2 Å². The van der Waals surface area contributed by atoms with Crippen LogP contribution >= 0.6 is 0 Å². The predicted molar refractivity (Wildman–Crippen MR) is 94.3 cm³/mol. The number of ether oxygens (including phenoxy) is 1. The molecule has 0 spiro atoms. The Morgan fingerprint density at radius 3 is 2.42 bits per heavy atom. The van der Waals surface area contributed by atoms with Crippen molar-refractivity contribution in [2.24, 2.45) is 0 Å². The minimum Gasteiger partial charge on any atom is -0.489 e. The van der Waals surface area contributed by atoms with Crippen LogP contribution in [0.1, 0.15) is 37.6 Å². The number of rotatable bonds is 6. The van der Waals surface area contributed by atoms with Gasteiger partial charge in [-0.2, -0.15) is 0 Å². The fraction of sp³-hybridized carbons (Fsp3) is 0.556. The highest BCUT2D eigenvalue weighted by Gasteiger charge is 2.19. The summed E-state index contributed by atoms with van der Waals surface area (Å²) in [7, 11) is 0. The monoisotopic (exact) mass is 333 g/mol. The number of Topliss-reactive ketones (excluding diaryl/α,β-unsaturated/α-hetero) is 1. The molecule has 6 heteroatoms. The second-order valence-electron chi connectivity index (χ2n) is 6.44. The number of carbonyl (C=O) groups excluding carboxylic acids is 2. The molecular weight excluding hydrogens is 306 g/mol. The number of anilines is 1. The minimum atomic E-state index is 0.0440. The van der Waals surface area contributed by atoms with E-state index < -0.39 is 0 Å². The number of hydrogen-bond donors (Lipinski definition) is 1. The summed E-state index contributed by atoms with van der Waals surface area (Å²) >= 11 is 0. The summed E-state index contributed by atoms with van der Waals surface area (Å²) in [5.41, 5.74) is 7.07. The van der Waals surface area contributed by atoms with Crippen molar-refractivity contribution in [3.05, 3.63) is 23.8 Å². The first-order valence-corrected chi connectivity index (χ1v) is 8.44. The normalized spacial score (nSPS) is 15.6. The number of ketones is 1. The SMILES string of the molecule is CC(=O)N1CCN(CCC(=O)c2ccc(OC(C)C)c(N)c2)CC1. The molecular formula is C18H27N3O3. The van der Waals surface area contributed by atoms with E-state index >= 15 is 0 Å². The molecule has 0 radical (unpaired) electrons. The summed E-state index contributed by atoms with van der Waals surface area (Å²) in [4.78, 5) is 27.7. The average molecular weight is 333 g/mol. The summed E-state index contributed by atoms with van der Waals surface area (Å²) in [5, 5.41) is 0. The van der Waals surface area contributed by atoms with Crippen molar-refractivity contribution in [1.82, 2.24) is 9.80 Å². The highest BCUT2D eigenvalue weighted by Crippen LogP contribution is 2.24. The third-order valence-corrected chi connectivity index (χ3v) is 4.17. The van der Waals surface area contributed by atoms with Gasteiger partial charge in [-0.1, -0.05) is 0 Å². The Bertz CT molecular complexity index is 593. The lowest BCUT2D eigenvalue weighted by Gasteiger charge is -2.34. The topological polar surface area (TPSA) is 75.9 Å². The van der Waals surface area contributed by atoms with Crippen molar-refractivity contribution in [3.8, 4) is 5.75 Å². The molecule has 1 aliphatic heterocycles. The van der Waals surface area contributed by atoms with Gasteiger partial charge in [-0.15, -0.1) is 0 Å². The van der Waals surface area contributed by atoms with Crippen LogP contribution in [0.2, 0.25) is 0 Å². The molecule has 0 aromatic heterocycles. The van der Waals surface area contributed by atoms with Gasteiger partial charge in [0.1, 0.15) is 5.75 Å². The van der Waals surface area contributed by atoms with Gasteiger partial charge in [-0.05, 0) is 32.0 Å². The molecule has 1 fully saturated rings. The Kier molecular flexibility index (Phi) is 6.20. The van der Waals surface area contributed by atoms with Crippen LogP contribution in [-0.2, 0) is 4.79 Å². The first kappa shape index (κ1) is 18.3. The van der Waals surface area contributed by atoms with Gasteiger partial charge in [0.2, 0.25) is 5.91 Å². The van der Waals surface area contributed by atoms with Crippen LogP contribution in [0.15, 0.2) is 18.2 Å². The molecule has 0 saturated carbocycles. The van der Waals surface area contributed by atoms with Crippen molar-refractivity contribution in [2.45, 2.75) is 33.3 Å². The van der Waals surface area contributed by atoms with Crippen LogP contribution in [0.4, 0.5) is 5.69 Å². The quantitative estimate of drug-likeness (QED) is 0.634. The first-order chi connectivity index (χ1) is 11.4. The van der Waals surface area contributed by atoms with Crippen molar-refractivity contribution >= 4 is 17.4 Å². The summed E-state index contributed by atoms with van der Waals surface area (Å²) in [6.45, 7) is 9.27. The summed E-state index contributed by atoms with van der Waals surface area (Å²) in [5.74, 6) is 0.804. The maximum Gasteiger partial charge on any atom is 0.219 e. The number of amides is 1. The summed E-state index contributed by atoms with van der Waals surface area (Å²) in [6, 6.07) is 5.21. The number of nitrogen functional groups attached to an aromatic ring is 1. The smallest absolute Gasteiger partial charge is 0.219 e. The van der Waals surface area contributed by atoms with Gasteiger partial charge in [0.05, 0.1) is 11.8 Å². The van der Waals surface area contributed by atoms with Crippen LogP contribution in [0, 0.1) is 0 Å². The predicted octanol–water partition coefficient (Wildman–Crippen LogP) is 1.79. The van der Waals surface area contributed by atoms with E-state index in [1.807, 2.05) is 18.7 Å². The minimum absolute atomic E-state index is 0.0440. The summed E-state index contributed by atoms with van der Waals surface area (Å²) < 4.78 is 5.59. The molecule has 1 heterocycles. The number of hydrogen-bond acceptors (Lipinski definition) is 5. The molecule has 6 nitrogen and oxygen atoms in total. The highest BCUT2D eigenvalue weighted by atomic mass is 16.5. The van der Waals surface area contributed by atoms with E-state index in [0.29, 0.717) is 30.0 Å². The van der Waals surface area contributed by atoms with Gasteiger partial charge < -0.3 is 15.4 Å². The Morgan fingerprint density at radius 2 is 1.88 bits per heavy atom. The average Bonchev–Trinajstić information content (AvgIpc) is 2.54. The van der Waals surface area contributed by atoms with Gasteiger partial charge >= 0.3 is 0 Å². The van der Waals surface area contributed by atoms with E-state index in [2.05, 4.69) is 4.90 Å². The van der Waals surface area contributed by atoms with Crippen molar-refractivity contribution in [3.63, 3.8) is 0 Å². The molecule has 0 atom stereocenters. The maximum absolute atomic E-state index is 12.4. The van der Waals surface area contributed by atoms with E-state index in [9.17, 15) is 9.59 Å². The lowest BCUT2D eigenvalue weighted by atomic mass is 10.1. The Balaban J connectivity index is 1.85. The van der Waals surface area contributed by atoms with Crippen LogP contribution in [-0.4, -0.2) is 60.3 Å². The molecule has 1 aliphatic rings. The van der Waals surface area contributed by atoms with Crippen molar-refractivity contribution in [2.75, 3.05) is 38.5 Å². The molecule has 2 N–H and O–H groups in total. The molecule has 0 aliphatic carbocycles. The Morgan fingerprint density at radius 1 is 1.21 bits per heavy atom. The third-order valence-electron chi connectivity index (χ3n) is 4.17. The summed E-state index contributed by atoms with van der Waals surface area (Å²) in [6.07, 6.45) is 0.492. The maximum atomic E-state index is 12.4. The van der Waals surface area contributed by atoms with Gasteiger partial charge in [0.15, 0.2) is 5.78 Å². The Hall–Kier alpha value is -2.08. The largest absolute Gasteiger partial charge is 0.489 e. The Labute approximate surface area is 143 Å². The number of nitrogens with two attached hydrogens (primary N) is 1. The molecule has 1 aromatic carbocycles. The van der Waals surface area contributed by atoms with E-state index in [4.69, 9.17) is 10.5 Å². The fourth-order valence-corrected chi connectivity index (χ4v) is 2.77. The standard InChI is InChI=1S/C18H27N3O3/c1-13(2)24-18-5-4-15(12-16(18)19)17(23)6-7-20-8-10-21(11-9-20)14(3)22/h4-5,12-13H,6-11,19H2,1-3H3. The third kappa shape index (κ3) is 4.96. The molecule has 0 unspecified atom stereocenters. The zero-order valence-electron chi connectivity index (χ0n) is 14.7. The van der Waals surface area contributed by atoms with E-state index in [-0.39, 0.29) is 17.8 Å². The lowest BCUT2D eigenvalue weighted by Crippen LogP contribution is -2.48. The van der Waals surface area contributed by atoms with Crippen LogP contribution in [0.5, 0.6) is 5.75 Å². The van der Waals surface area contributed by atoms with Crippen molar-refractivity contribution in [1.29, 1.82) is 0 Å². The van der Waals surface area contributed by atoms with Crippen LogP contribution in [0.25, 0.3) is 0 Å². The molecule has 1 amide bonds. The number of benzene rings is 1. The number of nitrogens with zero attached hydrogens (tertiary/aromatic N) is 2. The van der Waals surface area contributed by atoms with E-state index in [1.54, 1.807) is 25.1 Å². The second kappa shape index (κ2) is 8.15. The van der Waals surface area contributed by atoms with Crippen LogP contribution in [0.3, 0.4) is 0 Å². The van der Waals surface area contributed by atoms with Crippen molar-refractivity contribution < 1.29 is 14.3 Å². The first-order valence-electron chi connectivity index (χ1n) is 8.44. The second-order valence-corrected chi connectivity index (χ2v) is 6.44. The molecule has 2 rings (SSSR count). The molecule has 1 saturated heterocycles. The number of piperazine rings is 1.